The van der Waals surface area contributed by atoms with E-state index in [1.165, 1.54) is 113 Å². The third-order valence-corrected chi connectivity index (χ3v) is 14.0. The van der Waals surface area contributed by atoms with E-state index in [2.05, 4.69) is 175 Å². The third-order valence-electron chi connectivity index (χ3n) is 11.5. The second-order valence-corrected chi connectivity index (χ2v) is 16.8. The molecule has 53 heavy (non-hydrogen) atoms. The van der Waals surface area contributed by atoms with Gasteiger partial charge in [-0.3, -0.25) is 0 Å². The Morgan fingerprint density at radius 2 is 1.13 bits per heavy atom. The molecule has 2 aliphatic rings. The molecule has 0 radical (unpaired) electrons. The Bertz CT molecular complexity index is 3070. The number of hydrogen-bond donors (Lipinski definition) is 0. The van der Waals surface area contributed by atoms with Crippen LogP contribution in [0.4, 0.5) is 34.1 Å². The lowest BCUT2D eigenvalue weighted by atomic mass is 9.36. The molecule has 0 aliphatic carbocycles. The lowest BCUT2D eigenvalue weighted by molar-refractivity contribution is 1.26. The molecule has 10 aromatic rings. The molecule has 2 nitrogen and oxygen atoms in total. The molecule has 0 amide bonds. The first kappa shape index (κ1) is 29.7. The summed E-state index contributed by atoms with van der Waals surface area (Å²) < 4.78 is 4.13. The van der Waals surface area contributed by atoms with Crippen molar-refractivity contribution in [1.29, 1.82) is 0 Å². The van der Waals surface area contributed by atoms with E-state index in [1.54, 1.807) is 0 Å². The Labute approximate surface area is 316 Å². The summed E-state index contributed by atoms with van der Waals surface area (Å²) in [6.45, 7) is 4.43. The summed E-state index contributed by atoms with van der Waals surface area (Å²) in [4.78, 5) is 6.45. The van der Waals surface area contributed by atoms with Crippen molar-refractivity contribution in [3.63, 3.8) is 0 Å². The van der Waals surface area contributed by atoms with Gasteiger partial charge in [-0.05, 0) is 99.7 Å². The molecule has 0 spiro atoms. The van der Waals surface area contributed by atoms with Crippen LogP contribution in [0.5, 0.6) is 0 Å². The molecule has 2 aliphatic heterocycles. The smallest absolute Gasteiger partial charge is 0.264 e. The normalized spacial score (nSPS) is 13.4. The van der Waals surface area contributed by atoms with Gasteiger partial charge >= 0.3 is 0 Å². The highest BCUT2D eigenvalue weighted by atomic mass is 32.1. The van der Waals surface area contributed by atoms with Crippen molar-refractivity contribution in [2.75, 3.05) is 9.80 Å². The zero-order valence-electron chi connectivity index (χ0n) is 29.2. The topological polar surface area (TPSA) is 6.48 Å². The second kappa shape index (κ2) is 10.8. The first-order valence-corrected chi connectivity index (χ1v) is 19.9. The van der Waals surface area contributed by atoms with Crippen LogP contribution in [0.25, 0.3) is 52.2 Å². The Morgan fingerprint density at radius 1 is 0.509 bits per heavy atom. The Kier molecular flexibility index (Phi) is 6.06. The van der Waals surface area contributed by atoms with E-state index in [1.807, 2.05) is 22.7 Å². The molecule has 0 saturated heterocycles. The summed E-state index contributed by atoms with van der Waals surface area (Å²) in [5, 5.41) is 7.91. The van der Waals surface area contributed by atoms with Crippen molar-refractivity contribution in [1.82, 2.24) is 0 Å². The summed E-state index contributed by atoms with van der Waals surface area (Å²) in [7, 11) is 0. The fourth-order valence-electron chi connectivity index (χ4n) is 9.15. The number of benzene rings is 8. The molecule has 0 N–H and O–H groups in total. The predicted molar refractivity (Wildman–Crippen MR) is 232 cm³/mol. The van der Waals surface area contributed by atoms with Gasteiger partial charge in [0.15, 0.2) is 0 Å². The summed E-state index contributed by atoms with van der Waals surface area (Å²) in [5.74, 6) is 0. The average Bonchev–Trinajstić information content (AvgIpc) is 3.77. The molecule has 0 fully saturated rings. The van der Waals surface area contributed by atoms with Crippen LogP contribution < -0.4 is 25.5 Å². The minimum absolute atomic E-state index is 0.0845. The van der Waals surface area contributed by atoms with E-state index >= 15 is 0 Å². The highest BCUT2D eigenvalue weighted by molar-refractivity contribution is 7.38. The molecular formula is C48H31BN2S2. The fraction of sp³-hybridized carbons (Fsp3) is 0.0417. The zero-order chi connectivity index (χ0) is 34.9. The number of aryl methyl sites for hydroxylation is 2. The quantitative estimate of drug-likeness (QED) is 0.133. The zero-order valence-corrected chi connectivity index (χ0v) is 30.9. The van der Waals surface area contributed by atoms with Crippen molar-refractivity contribution in [3.8, 4) is 10.4 Å². The molecule has 12 rings (SSSR count). The Morgan fingerprint density at radius 3 is 1.83 bits per heavy atom. The van der Waals surface area contributed by atoms with Crippen LogP contribution in [0.1, 0.15) is 11.1 Å². The number of fused-ring (bicyclic) bond motifs is 7. The van der Waals surface area contributed by atoms with Gasteiger partial charge in [0, 0.05) is 48.2 Å². The molecule has 248 valence electrons. The molecule has 0 saturated carbocycles. The van der Waals surface area contributed by atoms with E-state index in [4.69, 9.17) is 0 Å². The molecule has 5 heteroatoms. The average molecular weight is 711 g/mol. The fourth-order valence-corrected chi connectivity index (χ4v) is 11.9. The highest BCUT2D eigenvalue weighted by Crippen LogP contribution is 2.52. The summed E-state index contributed by atoms with van der Waals surface area (Å²) in [6, 6.07) is 57.1. The Balaban J connectivity index is 1.22. The third kappa shape index (κ3) is 4.09. The molecule has 8 aromatic carbocycles. The number of rotatable bonds is 3. The molecule has 4 heterocycles. The standard InChI is InChI=1S/C48H31BN2S2/c1-28-14-21-34(22-15-28)50-38-12-7-13-39-44(38)49(37-26-33-19-18-31-10-6-11-32-20-25-36(45(37)50)43(33)42(31)32)48-46(51(39)35-23-16-29(2)17-24-35)47-41(53-48)27-40(52-47)30-8-4-3-5-9-30/h3-27H,1-2H3. The summed E-state index contributed by atoms with van der Waals surface area (Å²) in [6.07, 6.45) is 0. The molecule has 0 bridgehead atoms. The van der Waals surface area contributed by atoms with Gasteiger partial charge in [0.05, 0.1) is 10.4 Å². The maximum atomic E-state index is 2.57. The predicted octanol–water partition coefficient (Wildman–Crippen LogP) is 12.2. The first-order chi connectivity index (χ1) is 26.1. The van der Waals surface area contributed by atoms with Gasteiger partial charge in [-0.25, -0.2) is 0 Å². The first-order valence-electron chi connectivity index (χ1n) is 18.3. The van der Waals surface area contributed by atoms with Crippen LogP contribution in [0, 0.1) is 13.8 Å². The number of thiophene rings is 2. The van der Waals surface area contributed by atoms with Crippen LogP contribution in [0.15, 0.2) is 152 Å². The van der Waals surface area contributed by atoms with Gasteiger partial charge < -0.3 is 9.80 Å². The molecular weight excluding hydrogens is 679 g/mol. The number of anilines is 6. The van der Waals surface area contributed by atoms with Gasteiger partial charge in [0.2, 0.25) is 0 Å². The maximum absolute atomic E-state index is 2.57. The molecule has 0 atom stereocenters. The van der Waals surface area contributed by atoms with Crippen molar-refractivity contribution in [2.45, 2.75) is 13.8 Å². The largest absolute Gasteiger partial charge is 0.311 e. The van der Waals surface area contributed by atoms with E-state index in [0.717, 1.165) is 0 Å². The van der Waals surface area contributed by atoms with Crippen LogP contribution in [-0.2, 0) is 0 Å². The van der Waals surface area contributed by atoms with Gasteiger partial charge in [-0.15, -0.1) is 22.7 Å². The van der Waals surface area contributed by atoms with Crippen LogP contribution >= 0.6 is 22.7 Å². The van der Waals surface area contributed by atoms with Crippen molar-refractivity contribution >= 4 is 121 Å². The lowest BCUT2D eigenvalue weighted by Crippen LogP contribution is -2.60. The van der Waals surface area contributed by atoms with Crippen LogP contribution in [0.3, 0.4) is 0 Å². The van der Waals surface area contributed by atoms with Gasteiger partial charge in [-0.2, -0.15) is 0 Å². The van der Waals surface area contributed by atoms with E-state index in [0.29, 0.717) is 0 Å². The molecule has 2 aromatic heterocycles. The van der Waals surface area contributed by atoms with Crippen LogP contribution in [0.2, 0.25) is 0 Å². The monoisotopic (exact) mass is 710 g/mol. The van der Waals surface area contributed by atoms with E-state index in [9.17, 15) is 0 Å². The summed E-state index contributed by atoms with van der Waals surface area (Å²) in [5.41, 5.74) is 14.1. The van der Waals surface area contributed by atoms with Crippen molar-refractivity contribution in [2.24, 2.45) is 0 Å². The second-order valence-electron chi connectivity index (χ2n) is 14.6. The minimum Gasteiger partial charge on any atom is -0.311 e. The minimum atomic E-state index is 0.0845. The van der Waals surface area contributed by atoms with Gasteiger partial charge in [0.1, 0.15) is 0 Å². The van der Waals surface area contributed by atoms with Gasteiger partial charge in [0.25, 0.3) is 6.71 Å². The van der Waals surface area contributed by atoms with Crippen LogP contribution in [-0.4, -0.2) is 6.71 Å². The number of nitrogens with zero attached hydrogens (tertiary/aromatic N) is 2. The Hall–Kier alpha value is -5.88. The maximum Gasteiger partial charge on any atom is 0.264 e. The lowest BCUT2D eigenvalue weighted by Gasteiger charge is -2.43. The highest BCUT2D eigenvalue weighted by Gasteiger charge is 2.46. The van der Waals surface area contributed by atoms with Crippen molar-refractivity contribution in [3.05, 3.63) is 163 Å². The van der Waals surface area contributed by atoms with Gasteiger partial charge in [-0.1, -0.05) is 120 Å². The van der Waals surface area contributed by atoms with E-state index < -0.39 is 0 Å². The summed E-state index contributed by atoms with van der Waals surface area (Å²) >= 11 is 3.91. The SMILES string of the molecule is Cc1ccc(N2c3cccc4c3B(c3cc5ccc6cccc7ccc(c32)c5c67)c2sc3cc(-c5ccccc5)sc3c2N4c2ccc(C)cc2)cc1. The molecule has 0 unspecified atom stereocenters. The van der Waals surface area contributed by atoms with E-state index in [-0.39, 0.29) is 6.71 Å². The number of hydrogen-bond acceptors (Lipinski definition) is 4. The van der Waals surface area contributed by atoms with Crippen molar-refractivity contribution < 1.29 is 0 Å².